The van der Waals surface area contributed by atoms with E-state index in [1.165, 1.54) is 5.56 Å². The number of para-hydroxylation sites is 2. The van der Waals surface area contributed by atoms with Gasteiger partial charge in [0.05, 0.1) is 24.2 Å². The van der Waals surface area contributed by atoms with E-state index in [1.54, 1.807) is 0 Å². The zero-order valence-electron chi connectivity index (χ0n) is 13.2. The highest BCUT2D eigenvalue weighted by atomic mass is 35.5. The van der Waals surface area contributed by atoms with Crippen molar-refractivity contribution in [2.24, 2.45) is 0 Å². The fourth-order valence-electron chi connectivity index (χ4n) is 2.22. The van der Waals surface area contributed by atoms with Crippen molar-refractivity contribution in [2.45, 2.75) is 6.61 Å². The maximum Gasteiger partial charge on any atom is 0.172 e. The van der Waals surface area contributed by atoms with Gasteiger partial charge in [0.15, 0.2) is 11.0 Å². The quantitative estimate of drug-likeness (QED) is 0.509. The topological polar surface area (TPSA) is 47.0 Å². The van der Waals surface area contributed by atoms with Crippen LogP contribution in [0.1, 0.15) is 5.56 Å². The number of hydrogen-bond donors (Lipinski definition) is 1. The van der Waals surface area contributed by atoms with Crippen molar-refractivity contribution >= 4 is 28.5 Å². The van der Waals surface area contributed by atoms with Gasteiger partial charge in [0.2, 0.25) is 0 Å². The number of nitrogens with zero attached hydrogens (tertiary/aromatic N) is 2. The lowest BCUT2D eigenvalue weighted by Gasteiger charge is -2.06. The Balaban J connectivity index is 1.45. The standard InChI is InChI=1S/C19H18ClN3O/c20-18-19(23-17-11-5-4-10-16(17)22-18)21-12-6-7-13-24-14-15-8-2-1-3-9-15/h1-11H,12-14H2,(H,21,23)/b7-6+. The molecule has 5 heteroatoms. The van der Waals surface area contributed by atoms with Gasteiger partial charge in [-0.05, 0) is 17.7 Å². The van der Waals surface area contributed by atoms with Gasteiger partial charge in [-0.2, -0.15) is 0 Å². The van der Waals surface area contributed by atoms with E-state index in [2.05, 4.69) is 15.3 Å². The second-order valence-electron chi connectivity index (χ2n) is 5.20. The number of nitrogens with one attached hydrogen (secondary N) is 1. The first kappa shape index (κ1) is 16.4. The Bertz CT molecular complexity index is 821. The van der Waals surface area contributed by atoms with Crippen molar-refractivity contribution in [2.75, 3.05) is 18.5 Å². The average molecular weight is 340 g/mol. The normalized spacial score (nSPS) is 11.2. The van der Waals surface area contributed by atoms with Gasteiger partial charge >= 0.3 is 0 Å². The number of fused-ring (bicyclic) bond motifs is 1. The number of ether oxygens (including phenoxy) is 1. The Hall–Kier alpha value is -2.43. The molecule has 1 aromatic heterocycles. The van der Waals surface area contributed by atoms with Gasteiger partial charge in [-0.25, -0.2) is 9.97 Å². The van der Waals surface area contributed by atoms with Crippen LogP contribution in [-0.4, -0.2) is 23.1 Å². The second kappa shape index (κ2) is 8.43. The van der Waals surface area contributed by atoms with Crippen LogP contribution in [0.3, 0.4) is 0 Å². The van der Waals surface area contributed by atoms with Gasteiger partial charge in [-0.3, -0.25) is 0 Å². The summed E-state index contributed by atoms with van der Waals surface area (Å²) in [7, 11) is 0. The van der Waals surface area contributed by atoms with E-state index >= 15 is 0 Å². The largest absolute Gasteiger partial charge is 0.373 e. The minimum atomic E-state index is 0.377. The Morgan fingerprint density at radius 1 is 0.917 bits per heavy atom. The van der Waals surface area contributed by atoms with Crippen LogP contribution in [0.25, 0.3) is 11.0 Å². The molecule has 24 heavy (non-hydrogen) atoms. The molecule has 122 valence electrons. The maximum absolute atomic E-state index is 6.15. The number of halogens is 1. The minimum Gasteiger partial charge on any atom is -0.373 e. The Morgan fingerprint density at radius 3 is 2.42 bits per heavy atom. The van der Waals surface area contributed by atoms with Crippen molar-refractivity contribution in [1.82, 2.24) is 9.97 Å². The predicted octanol–water partition coefficient (Wildman–Crippen LogP) is 4.47. The lowest BCUT2D eigenvalue weighted by atomic mass is 10.2. The summed E-state index contributed by atoms with van der Waals surface area (Å²) in [5.41, 5.74) is 2.78. The molecular formula is C19H18ClN3O. The molecular weight excluding hydrogens is 322 g/mol. The molecule has 0 radical (unpaired) electrons. The van der Waals surface area contributed by atoms with E-state index in [9.17, 15) is 0 Å². The summed E-state index contributed by atoms with van der Waals surface area (Å²) in [5.74, 6) is 0.588. The number of hydrogen-bond acceptors (Lipinski definition) is 4. The molecule has 0 saturated heterocycles. The molecule has 3 aromatic rings. The third-order valence-corrected chi connectivity index (χ3v) is 3.67. The van der Waals surface area contributed by atoms with Gasteiger partial charge in [0.1, 0.15) is 0 Å². The van der Waals surface area contributed by atoms with Crippen LogP contribution in [-0.2, 0) is 11.3 Å². The first-order chi connectivity index (χ1) is 11.8. The van der Waals surface area contributed by atoms with Crippen LogP contribution >= 0.6 is 11.6 Å². The number of aromatic nitrogens is 2. The molecule has 3 rings (SSSR count). The monoisotopic (exact) mass is 339 g/mol. The molecule has 0 aliphatic heterocycles. The molecule has 0 spiro atoms. The molecule has 2 aromatic carbocycles. The fourth-order valence-corrected chi connectivity index (χ4v) is 2.42. The first-order valence-corrected chi connectivity index (χ1v) is 8.13. The summed E-state index contributed by atoms with van der Waals surface area (Å²) in [6.45, 7) is 1.79. The summed E-state index contributed by atoms with van der Waals surface area (Å²) < 4.78 is 5.58. The molecule has 0 aliphatic rings. The minimum absolute atomic E-state index is 0.377. The van der Waals surface area contributed by atoms with Crippen molar-refractivity contribution in [1.29, 1.82) is 0 Å². The highest BCUT2D eigenvalue weighted by molar-refractivity contribution is 6.32. The van der Waals surface area contributed by atoms with Crippen molar-refractivity contribution in [3.63, 3.8) is 0 Å². The molecule has 1 heterocycles. The molecule has 0 bridgehead atoms. The summed E-state index contributed by atoms with van der Waals surface area (Å²) in [4.78, 5) is 8.81. The number of rotatable bonds is 7. The number of anilines is 1. The summed E-state index contributed by atoms with van der Waals surface area (Å²) in [6, 6.07) is 17.8. The lowest BCUT2D eigenvalue weighted by molar-refractivity contribution is 0.148. The van der Waals surface area contributed by atoms with Crippen LogP contribution < -0.4 is 5.32 Å². The highest BCUT2D eigenvalue weighted by Gasteiger charge is 2.04. The maximum atomic E-state index is 6.15. The Labute approximate surface area is 146 Å². The van der Waals surface area contributed by atoms with Gasteiger partial charge in [-0.1, -0.05) is 66.2 Å². The van der Waals surface area contributed by atoms with Crippen molar-refractivity contribution in [3.8, 4) is 0 Å². The lowest BCUT2D eigenvalue weighted by Crippen LogP contribution is -2.03. The molecule has 4 nitrogen and oxygen atoms in total. The van der Waals surface area contributed by atoms with E-state index in [-0.39, 0.29) is 0 Å². The molecule has 0 atom stereocenters. The summed E-state index contributed by atoms with van der Waals surface area (Å²) >= 11 is 6.15. The van der Waals surface area contributed by atoms with Gasteiger partial charge < -0.3 is 10.1 Å². The SMILES string of the molecule is Clc1nc2ccccc2nc1NC/C=C/COCc1ccccc1. The summed E-state index contributed by atoms with van der Waals surface area (Å²) in [6.07, 6.45) is 3.95. The van der Waals surface area contributed by atoms with E-state index in [0.717, 1.165) is 11.0 Å². The molecule has 0 fully saturated rings. The van der Waals surface area contributed by atoms with Crippen LogP contribution in [0, 0.1) is 0 Å². The third kappa shape index (κ3) is 4.54. The highest BCUT2D eigenvalue weighted by Crippen LogP contribution is 2.20. The van der Waals surface area contributed by atoms with Crippen LogP contribution in [0.2, 0.25) is 5.15 Å². The second-order valence-corrected chi connectivity index (χ2v) is 5.56. The molecule has 0 saturated carbocycles. The average Bonchev–Trinajstić information content (AvgIpc) is 2.62. The van der Waals surface area contributed by atoms with Crippen LogP contribution in [0.5, 0.6) is 0 Å². The van der Waals surface area contributed by atoms with Gasteiger partial charge in [0, 0.05) is 6.54 Å². The van der Waals surface area contributed by atoms with E-state index in [1.807, 2.05) is 66.7 Å². The smallest absolute Gasteiger partial charge is 0.172 e. The third-order valence-electron chi connectivity index (χ3n) is 3.41. The fraction of sp³-hybridized carbons (Fsp3) is 0.158. The Kier molecular flexibility index (Phi) is 5.77. The molecule has 0 aliphatic carbocycles. The first-order valence-electron chi connectivity index (χ1n) is 7.76. The molecule has 0 unspecified atom stereocenters. The summed E-state index contributed by atoms with van der Waals surface area (Å²) in [5, 5.41) is 3.54. The van der Waals surface area contributed by atoms with Crippen LogP contribution in [0.4, 0.5) is 5.82 Å². The van der Waals surface area contributed by atoms with E-state index < -0.39 is 0 Å². The molecule has 1 N–H and O–H groups in total. The van der Waals surface area contributed by atoms with Gasteiger partial charge in [0.25, 0.3) is 0 Å². The van der Waals surface area contributed by atoms with E-state index in [4.69, 9.17) is 16.3 Å². The van der Waals surface area contributed by atoms with Gasteiger partial charge in [-0.15, -0.1) is 0 Å². The zero-order chi connectivity index (χ0) is 16.6. The molecule has 0 amide bonds. The van der Waals surface area contributed by atoms with E-state index in [0.29, 0.717) is 30.7 Å². The van der Waals surface area contributed by atoms with Crippen molar-refractivity contribution < 1.29 is 4.74 Å². The van der Waals surface area contributed by atoms with Crippen LogP contribution in [0.15, 0.2) is 66.7 Å². The zero-order valence-corrected chi connectivity index (χ0v) is 13.9. The van der Waals surface area contributed by atoms with Crippen molar-refractivity contribution in [3.05, 3.63) is 77.5 Å². The number of benzene rings is 2. The predicted molar refractivity (Wildman–Crippen MR) is 98.3 cm³/mol. The Morgan fingerprint density at radius 2 is 1.62 bits per heavy atom.